The van der Waals surface area contributed by atoms with Gasteiger partial charge in [0.2, 0.25) is 5.91 Å². The van der Waals surface area contributed by atoms with E-state index in [-0.39, 0.29) is 18.2 Å². The van der Waals surface area contributed by atoms with Gasteiger partial charge in [0.1, 0.15) is 0 Å². The molecule has 5 nitrogen and oxygen atoms in total. The fourth-order valence-electron chi connectivity index (χ4n) is 1.93. The lowest BCUT2D eigenvalue weighted by Crippen LogP contribution is -2.50. The molecule has 1 saturated heterocycles. The molecule has 0 saturated carbocycles. The lowest BCUT2D eigenvalue weighted by molar-refractivity contribution is -0.139. The Morgan fingerprint density at radius 2 is 2.19 bits per heavy atom. The fourth-order valence-corrected chi connectivity index (χ4v) is 1.93. The number of amides is 1. The molecule has 3 N–H and O–H groups in total. The van der Waals surface area contributed by atoms with Gasteiger partial charge in [-0.1, -0.05) is 0 Å². The lowest BCUT2D eigenvalue weighted by Gasteiger charge is -2.29. The van der Waals surface area contributed by atoms with Gasteiger partial charge in [0.25, 0.3) is 0 Å². The zero-order chi connectivity index (χ0) is 12.2. The van der Waals surface area contributed by atoms with Crippen molar-refractivity contribution in [3.63, 3.8) is 0 Å². The molecule has 0 aromatic rings. The van der Waals surface area contributed by atoms with Crippen molar-refractivity contribution in [3.8, 4) is 0 Å². The van der Waals surface area contributed by atoms with E-state index in [0.29, 0.717) is 6.54 Å². The summed E-state index contributed by atoms with van der Waals surface area (Å²) >= 11 is 0. The molecule has 0 aromatic heterocycles. The van der Waals surface area contributed by atoms with Crippen molar-refractivity contribution in [3.05, 3.63) is 0 Å². The van der Waals surface area contributed by atoms with Crippen LogP contribution < -0.4 is 10.6 Å². The molecule has 1 aliphatic rings. The number of hydrogen-bond donors (Lipinski definition) is 3. The molecule has 0 aliphatic carbocycles. The average molecular weight is 228 g/mol. The van der Waals surface area contributed by atoms with Crippen LogP contribution in [0.5, 0.6) is 0 Å². The van der Waals surface area contributed by atoms with Crippen LogP contribution in [0.4, 0.5) is 0 Å². The Kier molecular flexibility index (Phi) is 4.29. The number of carboxylic acid groups (broad SMARTS) is 1. The summed E-state index contributed by atoms with van der Waals surface area (Å²) in [6.07, 6.45) is 1.82. The Morgan fingerprint density at radius 3 is 2.69 bits per heavy atom. The standard InChI is InChI=1S/C11H20N2O3/c1-11(2,6-9(14)15)13-10(16)8-4-3-5-12-7-8/h8,12H,3-7H2,1-2H3,(H,13,16)(H,14,15)/t8-/m1/s1. The van der Waals surface area contributed by atoms with Gasteiger partial charge in [-0.25, -0.2) is 0 Å². The van der Waals surface area contributed by atoms with Gasteiger partial charge >= 0.3 is 5.97 Å². The van der Waals surface area contributed by atoms with Gasteiger partial charge in [-0.15, -0.1) is 0 Å². The minimum Gasteiger partial charge on any atom is -0.481 e. The van der Waals surface area contributed by atoms with Crippen molar-refractivity contribution in [2.75, 3.05) is 13.1 Å². The maximum atomic E-state index is 11.9. The highest BCUT2D eigenvalue weighted by molar-refractivity contribution is 5.80. The van der Waals surface area contributed by atoms with Crippen molar-refractivity contribution in [1.82, 2.24) is 10.6 Å². The number of rotatable bonds is 4. The molecule has 1 fully saturated rings. The first-order valence-corrected chi connectivity index (χ1v) is 5.65. The van der Waals surface area contributed by atoms with Crippen LogP contribution in [0.25, 0.3) is 0 Å². The maximum absolute atomic E-state index is 11.9. The second-order valence-electron chi connectivity index (χ2n) is 4.99. The van der Waals surface area contributed by atoms with Crippen molar-refractivity contribution >= 4 is 11.9 Å². The van der Waals surface area contributed by atoms with Gasteiger partial charge in [-0.3, -0.25) is 9.59 Å². The molecule has 0 bridgehead atoms. The van der Waals surface area contributed by atoms with Gasteiger partial charge in [-0.2, -0.15) is 0 Å². The van der Waals surface area contributed by atoms with Gasteiger partial charge < -0.3 is 15.7 Å². The first-order chi connectivity index (χ1) is 7.41. The normalized spacial score (nSPS) is 21.5. The Balaban J connectivity index is 2.45. The molecule has 1 heterocycles. The lowest BCUT2D eigenvalue weighted by atomic mass is 9.95. The molecular weight excluding hydrogens is 208 g/mol. The zero-order valence-electron chi connectivity index (χ0n) is 9.88. The largest absolute Gasteiger partial charge is 0.481 e. The predicted molar refractivity (Wildman–Crippen MR) is 60.1 cm³/mol. The summed E-state index contributed by atoms with van der Waals surface area (Å²) < 4.78 is 0. The Hall–Kier alpha value is -1.10. The van der Waals surface area contributed by atoms with E-state index < -0.39 is 11.5 Å². The van der Waals surface area contributed by atoms with Crippen molar-refractivity contribution < 1.29 is 14.7 Å². The number of hydrogen-bond acceptors (Lipinski definition) is 3. The smallest absolute Gasteiger partial charge is 0.305 e. The van der Waals surface area contributed by atoms with Crippen LogP contribution in [0.15, 0.2) is 0 Å². The van der Waals surface area contributed by atoms with Crippen molar-refractivity contribution in [1.29, 1.82) is 0 Å². The highest BCUT2D eigenvalue weighted by atomic mass is 16.4. The average Bonchev–Trinajstić information content (AvgIpc) is 2.16. The minimum absolute atomic E-state index is 0.0261. The van der Waals surface area contributed by atoms with Crippen LogP contribution in [0.2, 0.25) is 0 Å². The van der Waals surface area contributed by atoms with E-state index in [0.717, 1.165) is 19.4 Å². The van der Waals surface area contributed by atoms with E-state index in [2.05, 4.69) is 10.6 Å². The van der Waals surface area contributed by atoms with E-state index >= 15 is 0 Å². The number of aliphatic carboxylic acids is 1. The molecule has 1 atom stereocenters. The van der Waals surface area contributed by atoms with Crippen molar-refractivity contribution in [2.45, 2.75) is 38.6 Å². The highest BCUT2D eigenvalue weighted by Crippen LogP contribution is 2.14. The SMILES string of the molecule is CC(C)(CC(=O)O)NC(=O)[C@@H]1CCCNC1. The van der Waals surface area contributed by atoms with Crippen LogP contribution >= 0.6 is 0 Å². The third-order valence-electron chi connectivity index (χ3n) is 2.72. The summed E-state index contributed by atoms with van der Waals surface area (Å²) in [7, 11) is 0. The number of piperidine rings is 1. The Morgan fingerprint density at radius 1 is 1.50 bits per heavy atom. The first kappa shape index (κ1) is 13.0. The monoisotopic (exact) mass is 228 g/mol. The van der Waals surface area contributed by atoms with Gasteiger partial charge in [0.15, 0.2) is 0 Å². The van der Waals surface area contributed by atoms with Crippen LogP contribution in [-0.4, -0.2) is 35.6 Å². The molecule has 0 aromatic carbocycles. The molecule has 16 heavy (non-hydrogen) atoms. The van der Waals surface area contributed by atoms with E-state index in [4.69, 9.17) is 5.11 Å². The quantitative estimate of drug-likeness (QED) is 0.649. The summed E-state index contributed by atoms with van der Waals surface area (Å²) in [6, 6.07) is 0. The van der Waals surface area contributed by atoms with Crippen LogP contribution in [0.1, 0.15) is 33.1 Å². The number of carbonyl (C=O) groups is 2. The second kappa shape index (κ2) is 5.30. The van der Waals surface area contributed by atoms with E-state index in [1.54, 1.807) is 13.8 Å². The van der Waals surface area contributed by atoms with Gasteiger partial charge in [0, 0.05) is 12.1 Å². The molecular formula is C11H20N2O3. The third-order valence-corrected chi connectivity index (χ3v) is 2.72. The molecule has 0 unspecified atom stereocenters. The Labute approximate surface area is 95.6 Å². The fraction of sp³-hybridized carbons (Fsp3) is 0.818. The highest BCUT2D eigenvalue weighted by Gasteiger charge is 2.28. The molecule has 5 heteroatoms. The van der Waals surface area contributed by atoms with Crippen LogP contribution in [0.3, 0.4) is 0 Å². The number of carbonyl (C=O) groups excluding carboxylic acids is 1. The van der Waals surface area contributed by atoms with E-state index in [1.807, 2.05) is 0 Å². The van der Waals surface area contributed by atoms with E-state index in [1.165, 1.54) is 0 Å². The summed E-state index contributed by atoms with van der Waals surface area (Å²) in [5.74, 6) is -0.965. The molecule has 0 radical (unpaired) electrons. The molecule has 0 spiro atoms. The summed E-state index contributed by atoms with van der Waals surface area (Å²) in [4.78, 5) is 22.5. The Bertz CT molecular complexity index is 270. The summed E-state index contributed by atoms with van der Waals surface area (Å²) in [5.41, 5.74) is -0.680. The third kappa shape index (κ3) is 4.18. The van der Waals surface area contributed by atoms with Gasteiger partial charge in [-0.05, 0) is 33.2 Å². The topological polar surface area (TPSA) is 78.4 Å². The van der Waals surface area contributed by atoms with Crippen LogP contribution in [0, 0.1) is 5.92 Å². The molecule has 1 aliphatic heterocycles. The first-order valence-electron chi connectivity index (χ1n) is 5.65. The summed E-state index contributed by atoms with van der Waals surface area (Å²) in [5, 5.41) is 14.7. The summed E-state index contributed by atoms with van der Waals surface area (Å²) in [6.45, 7) is 5.11. The van der Waals surface area contributed by atoms with Crippen LogP contribution in [-0.2, 0) is 9.59 Å². The molecule has 1 rings (SSSR count). The number of carboxylic acids is 1. The zero-order valence-corrected chi connectivity index (χ0v) is 9.88. The molecule has 1 amide bonds. The predicted octanol–water partition coefficient (Wildman–Crippen LogP) is 0.356. The number of nitrogens with one attached hydrogen (secondary N) is 2. The molecule has 92 valence electrons. The van der Waals surface area contributed by atoms with E-state index in [9.17, 15) is 9.59 Å². The maximum Gasteiger partial charge on any atom is 0.305 e. The van der Waals surface area contributed by atoms with Crippen molar-refractivity contribution in [2.24, 2.45) is 5.92 Å². The second-order valence-corrected chi connectivity index (χ2v) is 4.99. The minimum atomic E-state index is -0.896. The van der Waals surface area contributed by atoms with Gasteiger partial charge in [0.05, 0.1) is 12.3 Å².